The first kappa shape index (κ1) is 34.2. The molecule has 0 saturated heterocycles. The summed E-state index contributed by atoms with van der Waals surface area (Å²) in [6.07, 6.45) is 2.99. The number of hydrogen-bond acceptors (Lipinski definition) is 6. The van der Waals surface area contributed by atoms with Crippen molar-refractivity contribution in [1.29, 1.82) is 0 Å². The van der Waals surface area contributed by atoms with E-state index in [1.54, 1.807) is 18.2 Å². The molecule has 0 aromatic heterocycles. The molecule has 44 heavy (non-hydrogen) atoms. The fourth-order valence-electron chi connectivity index (χ4n) is 5.30. The standard InChI is InChI=1S/C34H39N3O6.ClH/c1-3-20-42-24-17-15-23(16-18-24)21-31(33(39)41-2)36-32(38)30(14-8-9-19-35)37-34(40)43-22-29-27-12-6-4-10-25(27)26-11-5-7-13-28(26)29;/h3-7,10-13,15-18,29-31H,1,8-9,14,19-22,35H2,2H3,(H,36,38)(H,37,40);1H/t30-,31+;/m1./s1. The van der Waals surface area contributed by atoms with E-state index in [1.165, 1.54) is 7.11 Å². The van der Waals surface area contributed by atoms with Gasteiger partial charge in [-0.05, 0) is 59.2 Å². The molecule has 1 aliphatic carbocycles. The van der Waals surface area contributed by atoms with Crippen molar-refractivity contribution in [2.45, 2.75) is 43.7 Å². The van der Waals surface area contributed by atoms with Crippen molar-refractivity contribution in [3.05, 3.63) is 102 Å². The highest BCUT2D eigenvalue weighted by atomic mass is 35.5. The molecule has 9 nitrogen and oxygen atoms in total. The van der Waals surface area contributed by atoms with Gasteiger partial charge in [-0.2, -0.15) is 0 Å². The van der Waals surface area contributed by atoms with E-state index < -0.39 is 30.1 Å². The van der Waals surface area contributed by atoms with Crippen LogP contribution in [0.2, 0.25) is 0 Å². The van der Waals surface area contributed by atoms with Gasteiger partial charge in [0.2, 0.25) is 5.91 Å². The van der Waals surface area contributed by atoms with Gasteiger partial charge in [0.05, 0.1) is 13.7 Å². The Morgan fingerprint density at radius 2 is 1.55 bits per heavy atom. The van der Waals surface area contributed by atoms with E-state index in [0.29, 0.717) is 31.7 Å². The van der Waals surface area contributed by atoms with Crippen LogP contribution in [-0.4, -0.2) is 56.9 Å². The Morgan fingerprint density at radius 3 is 2.14 bits per heavy atom. The summed E-state index contributed by atoms with van der Waals surface area (Å²) in [6, 6.07) is 21.5. The second-order valence-electron chi connectivity index (χ2n) is 10.4. The number of nitrogens with one attached hydrogen (secondary N) is 2. The van der Waals surface area contributed by atoms with Gasteiger partial charge in [0.1, 0.15) is 31.0 Å². The third-order valence-electron chi connectivity index (χ3n) is 7.48. The summed E-state index contributed by atoms with van der Waals surface area (Å²) in [5.41, 5.74) is 9.13. The highest BCUT2D eigenvalue weighted by Gasteiger charge is 2.31. The van der Waals surface area contributed by atoms with Gasteiger partial charge >= 0.3 is 12.1 Å². The molecule has 4 rings (SSSR count). The highest BCUT2D eigenvalue weighted by molar-refractivity contribution is 5.89. The number of rotatable bonds is 15. The maximum Gasteiger partial charge on any atom is 0.407 e. The van der Waals surface area contributed by atoms with Crippen LogP contribution in [-0.2, 0) is 25.5 Å². The Labute approximate surface area is 264 Å². The number of fused-ring (bicyclic) bond motifs is 3. The number of carbonyl (C=O) groups is 3. The summed E-state index contributed by atoms with van der Waals surface area (Å²) in [5.74, 6) is -0.509. The molecule has 3 aromatic rings. The van der Waals surface area contributed by atoms with E-state index in [-0.39, 0.29) is 31.4 Å². The summed E-state index contributed by atoms with van der Waals surface area (Å²) in [5, 5.41) is 5.51. The average Bonchev–Trinajstić information content (AvgIpc) is 3.35. The number of methoxy groups -OCH3 is 1. The molecule has 0 bridgehead atoms. The van der Waals surface area contributed by atoms with E-state index in [4.69, 9.17) is 14.2 Å². The predicted molar refractivity (Wildman–Crippen MR) is 163 cm³/mol. The van der Waals surface area contributed by atoms with Crippen molar-refractivity contribution in [1.82, 2.24) is 10.6 Å². The largest absolute Gasteiger partial charge is 1.00 e. The van der Waals surface area contributed by atoms with Crippen LogP contribution in [0.15, 0.2) is 85.5 Å². The van der Waals surface area contributed by atoms with Crippen LogP contribution in [0.1, 0.15) is 41.9 Å². The van der Waals surface area contributed by atoms with Gasteiger partial charge in [0.25, 0.3) is 0 Å². The fraction of sp³-hybridized carbons (Fsp3) is 0.324. The number of benzene rings is 3. The Balaban J connectivity index is 0.00000529. The minimum Gasteiger partial charge on any atom is -1.00 e. The van der Waals surface area contributed by atoms with Crippen LogP contribution in [0.5, 0.6) is 5.75 Å². The van der Waals surface area contributed by atoms with Gasteiger partial charge in [-0.25, -0.2) is 9.59 Å². The summed E-state index contributed by atoms with van der Waals surface area (Å²) < 4.78 is 16.2. The van der Waals surface area contributed by atoms with E-state index in [0.717, 1.165) is 34.2 Å². The molecule has 3 aromatic carbocycles. The van der Waals surface area contributed by atoms with Gasteiger partial charge in [0, 0.05) is 12.3 Å². The Kier molecular flexibility index (Phi) is 13.3. The fourth-order valence-corrected chi connectivity index (χ4v) is 5.30. The number of ether oxygens (including phenoxy) is 3. The molecule has 0 unspecified atom stereocenters. The van der Waals surface area contributed by atoms with Gasteiger partial charge in [-0.1, -0.05) is 73.3 Å². The molecular formula is C34H40ClN3O6. The van der Waals surface area contributed by atoms with Crippen LogP contribution >= 0.6 is 0 Å². The molecular weight excluding hydrogens is 582 g/mol. The quantitative estimate of drug-likeness (QED) is 0.131. The molecule has 10 heteroatoms. The monoisotopic (exact) mass is 621 g/mol. The van der Waals surface area contributed by atoms with Crippen molar-refractivity contribution in [3.8, 4) is 16.9 Å². The SMILES string of the molecule is C=CCOc1ccc(C[C@H](NC(=O)[C@@H](CCCC[NH3+])NC(=O)OCC2c3ccccc3-c3ccccc32)C(=O)OC)cc1.[Cl-]. The van der Waals surface area contributed by atoms with Crippen LogP contribution in [0.4, 0.5) is 4.79 Å². The zero-order valence-corrected chi connectivity index (χ0v) is 25.7. The summed E-state index contributed by atoms with van der Waals surface area (Å²) in [6.45, 7) is 4.85. The van der Waals surface area contributed by atoms with Gasteiger partial charge in [-0.3, -0.25) is 4.79 Å². The number of hydrogen-bond donors (Lipinski definition) is 3. The minimum atomic E-state index is -0.947. The number of amides is 2. The van der Waals surface area contributed by atoms with Gasteiger partial charge in [-0.15, -0.1) is 0 Å². The van der Waals surface area contributed by atoms with E-state index in [2.05, 4.69) is 35.1 Å². The summed E-state index contributed by atoms with van der Waals surface area (Å²) in [7, 11) is 1.27. The van der Waals surface area contributed by atoms with Crippen molar-refractivity contribution in [2.75, 3.05) is 26.9 Å². The van der Waals surface area contributed by atoms with E-state index >= 15 is 0 Å². The van der Waals surface area contributed by atoms with Crippen molar-refractivity contribution in [2.24, 2.45) is 0 Å². The molecule has 234 valence electrons. The van der Waals surface area contributed by atoms with Crippen LogP contribution < -0.4 is 33.5 Å². The summed E-state index contributed by atoms with van der Waals surface area (Å²) in [4.78, 5) is 39.1. The van der Waals surface area contributed by atoms with Crippen LogP contribution in [0.3, 0.4) is 0 Å². The Hall–Kier alpha value is -4.34. The lowest BCUT2D eigenvalue weighted by Gasteiger charge is -2.23. The third-order valence-corrected chi connectivity index (χ3v) is 7.48. The lowest BCUT2D eigenvalue weighted by Crippen LogP contribution is -3.00. The van der Waals surface area contributed by atoms with Crippen molar-refractivity contribution < 1.29 is 46.7 Å². The first-order valence-corrected chi connectivity index (χ1v) is 14.6. The zero-order chi connectivity index (χ0) is 30.6. The second kappa shape index (κ2) is 17.1. The number of quaternary nitrogens is 1. The molecule has 0 aliphatic heterocycles. The molecule has 0 saturated carbocycles. The second-order valence-corrected chi connectivity index (χ2v) is 10.4. The van der Waals surface area contributed by atoms with Gasteiger partial charge < -0.3 is 43.0 Å². The lowest BCUT2D eigenvalue weighted by molar-refractivity contribution is -0.368. The maximum atomic E-state index is 13.4. The summed E-state index contributed by atoms with van der Waals surface area (Å²) >= 11 is 0. The Bertz CT molecular complexity index is 1370. The first-order chi connectivity index (χ1) is 20.9. The molecule has 2 atom stereocenters. The number of unbranched alkanes of at least 4 members (excludes halogenated alkanes) is 1. The normalized spacial score (nSPS) is 12.9. The van der Waals surface area contributed by atoms with Crippen LogP contribution in [0.25, 0.3) is 11.1 Å². The molecule has 0 radical (unpaired) electrons. The topological polar surface area (TPSA) is 131 Å². The van der Waals surface area contributed by atoms with Gasteiger partial charge in [0.15, 0.2) is 0 Å². The highest BCUT2D eigenvalue weighted by Crippen LogP contribution is 2.44. The van der Waals surface area contributed by atoms with Crippen molar-refractivity contribution in [3.63, 3.8) is 0 Å². The third kappa shape index (κ3) is 8.84. The number of halogens is 1. The molecule has 2 amide bonds. The molecule has 0 fully saturated rings. The molecule has 1 aliphatic rings. The first-order valence-electron chi connectivity index (χ1n) is 14.6. The van der Waals surface area contributed by atoms with Crippen LogP contribution in [0, 0.1) is 0 Å². The minimum absolute atomic E-state index is 0. The number of esters is 1. The zero-order valence-electron chi connectivity index (χ0n) is 24.9. The van der Waals surface area contributed by atoms with E-state index in [1.807, 2.05) is 48.5 Å². The van der Waals surface area contributed by atoms with E-state index in [9.17, 15) is 14.4 Å². The lowest BCUT2D eigenvalue weighted by atomic mass is 9.98. The molecule has 0 heterocycles. The molecule has 0 spiro atoms. The smallest absolute Gasteiger partial charge is 0.407 e. The number of carbonyl (C=O) groups excluding carboxylic acids is 3. The Morgan fingerprint density at radius 1 is 0.909 bits per heavy atom. The maximum absolute atomic E-state index is 13.4. The molecule has 5 N–H and O–H groups in total. The average molecular weight is 622 g/mol. The van der Waals surface area contributed by atoms with Crippen molar-refractivity contribution >= 4 is 18.0 Å². The number of alkyl carbamates (subject to hydrolysis) is 1. The predicted octanol–water partition coefficient (Wildman–Crippen LogP) is 0.775.